The number of sulfonamides is 1. The summed E-state index contributed by atoms with van der Waals surface area (Å²) in [6.07, 6.45) is -1.07. The first-order valence-electron chi connectivity index (χ1n) is 7.40. The van der Waals surface area contributed by atoms with E-state index in [9.17, 15) is 22.4 Å². The number of nitrogens with one attached hydrogen (secondary N) is 1. The van der Waals surface area contributed by atoms with E-state index in [4.69, 9.17) is 4.74 Å². The summed E-state index contributed by atoms with van der Waals surface area (Å²) in [5, 5.41) is 0. The molecule has 2 aromatic carbocycles. The molecule has 0 bridgehead atoms. The van der Waals surface area contributed by atoms with Crippen molar-refractivity contribution in [1.82, 2.24) is 0 Å². The van der Waals surface area contributed by atoms with Crippen LogP contribution in [-0.2, 0) is 24.3 Å². The molecular weight excluding hydrogens is 365 g/mol. The Morgan fingerprint density at radius 2 is 1.62 bits per heavy atom. The highest BCUT2D eigenvalue weighted by Gasteiger charge is 2.19. The zero-order valence-corrected chi connectivity index (χ0v) is 14.7. The van der Waals surface area contributed by atoms with Crippen LogP contribution in [-0.4, -0.2) is 33.6 Å². The van der Waals surface area contributed by atoms with Gasteiger partial charge in [-0.15, -0.1) is 0 Å². The van der Waals surface area contributed by atoms with Crippen molar-refractivity contribution >= 4 is 27.6 Å². The average Bonchev–Trinajstić information content (AvgIpc) is 2.61. The molecule has 0 saturated carbocycles. The molecule has 26 heavy (non-hydrogen) atoms. The van der Waals surface area contributed by atoms with Crippen LogP contribution in [0.25, 0.3) is 0 Å². The van der Waals surface area contributed by atoms with Gasteiger partial charge >= 0.3 is 11.9 Å². The Morgan fingerprint density at radius 1 is 1.04 bits per heavy atom. The van der Waals surface area contributed by atoms with Gasteiger partial charge in [-0.25, -0.2) is 22.4 Å². The fourth-order valence-corrected chi connectivity index (χ4v) is 3.00. The van der Waals surface area contributed by atoms with Crippen LogP contribution in [0.4, 0.5) is 10.1 Å². The molecule has 0 spiro atoms. The summed E-state index contributed by atoms with van der Waals surface area (Å²) in [4.78, 5) is 23.1. The number of carbonyl (C=O) groups excluding carboxylic acids is 2. The van der Waals surface area contributed by atoms with Crippen molar-refractivity contribution in [2.45, 2.75) is 17.9 Å². The minimum atomic E-state index is -3.89. The number of ether oxygens (including phenoxy) is 2. The van der Waals surface area contributed by atoms with E-state index in [1.165, 1.54) is 38.3 Å². The normalized spacial score (nSPS) is 12.1. The summed E-state index contributed by atoms with van der Waals surface area (Å²) in [7, 11) is -2.72. The smallest absolute Gasteiger partial charge is 0.346 e. The van der Waals surface area contributed by atoms with Gasteiger partial charge in [-0.1, -0.05) is 0 Å². The summed E-state index contributed by atoms with van der Waals surface area (Å²) in [5.41, 5.74) is 0.331. The van der Waals surface area contributed by atoms with Crippen LogP contribution in [0.15, 0.2) is 53.4 Å². The van der Waals surface area contributed by atoms with Crippen molar-refractivity contribution in [2.75, 3.05) is 11.8 Å². The van der Waals surface area contributed by atoms with Crippen molar-refractivity contribution in [3.8, 4) is 0 Å². The van der Waals surface area contributed by atoms with Crippen molar-refractivity contribution < 1.29 is 31.9 Å². The average molecular weight is 381 g/mol. The first-order chi connectivity index (χ1) is 12.2. The molecule has 0 aliphatic rings. The lowest BCUT2D eigenvalue weighted by Gasteiger charge is -2.11. The van der Waals surface area contributed by atoms with Crippen molar-refractivity contribution in [1.29, 1.82) is 0 Å². The molecule has 0 heterocycles. The fraction of sp³-hybridized carbons (Fsp3) is 0.176. The molecule has 1 atom stereocenters. The van der Waals surface area contributed by atoms with Gasteiger partial charge in [0.15, 0.2) is 6.10 Å². The molecule has 0 fully saturated rings. The van der Waals surface area contributed by atoms with E-state index in [1.807, 2.05) is 0 Å². The van der Waals surface area contributed by atoms with E-state index >= 15 is 0 Å². The van der Waals surface area contributed by atoms with Gasteiger partial charge in [-0.05, 0) is 55.5 Å². The molecule has 0 aliphatic heterocycles. The van der Waals surface area contributed by atoms with Crippen LogP contribution >= 0.6 is 0 Å². The number of esters is 2. The summed E-state index contributed by atoms with van der Waals surface area (Å²) in [6, 6.07) is 9.76. The maximum absolute atomic E-state index is 12.9. The first kappa shape index (κ1) is 19.4. The largest absolute Gasteiger partial charge is 0.466 e. The van der Waals surface area contributed by atoms with Gasteiger partial charge in [0, 0.05) is 5.69 Å². The van der Waals surface area contributed by atoms with Gasteiger partial charge in [-0.3, -0.25) is 4.72 Å². The van der Waals surface area contributed by atoms with Gasteiger partial charge in [-0.2, -0.15) is 0 Å². The van der Waals surface area contributed by atoms with Gasteiger partial charge < -0.3 is 9.47 Å². The second-order valence-electron chi connectivity index (χ2n) is 5.21. The Labute approximate surface area is 149 Å². The number of hydrogen-bond donors (Lipinski definition) is 1. The molecular formula is C17H16FNO6S. The van der Waals surface area contributed by atoms with Gasteiger partial charge in [0.05, 0.1) is 17.6 Å². The zero-order chi connectivity index (χ0) is 19.3. The number of anilines is 1. The third-order valence-corrected chi connectivity index (χ3v) is 4.71. The standard InChI is InChI=1S/C17H16FNO6S/c1-11(16(20)24-2)25-17(21)12-3-7-14(8-4-12)19-26(22,23)15-9-5-13(18)6-10-15/h3-11,19H,1-2H3/t11-/m0/s1. The zero-order valence-electron chi connectivity index (χ0n) is 13.9. The fourth-order valence-electron chi connectivity index (χ4n) is 1.94. The lowest BCUT2D eigenvalue weighted by atomic mass is 10.2. The lowest BCUT2D eigenvalue weighted by Crippen LogP contribution is -2.25. The van der Waals surface area contributed by atoms with E-state index in [-0.39, 0.29) is 16.1 Å². The lowest BCUT2D eigenvalue weighted by molar-refractivity contribution is -0.149. The molecule has 0 saturated heterocycles. The van der Waals surface area contributed by atoms with Crippen LogP contribution in [0.2, 0.25) is 0 Å². The number of hydrogen-bond acceptors (Lipinski definition) is 6. The predicted octanol–water partition coefficient (Wildman–Crippen LogP) is 2.34. The molecule has 7 nitrogen and oxygen atoms in total. The van der Waals surface area contributed by atoms with Gasteiger partial charge in [0.25, 0.3) is 10.0 Å². The van der Waals surface area contributed by atoms with Crippen LogP contribution in [0.3, 0.4) is 0 Å². The monoisotopic (exact) mass is 381 g/mol. The molecule has 0 unspecified atom stereocenters. The van der Waals surface area contributed by atoms with Gasteiger partial charge in [0.1, 0.15) is 5.82 Å². The Bertz CT molecular complexity index is 894. The second kappa shape index (κ2) is 7.96. The van der Waals surface area contributed by atoms with Crippen LogP contribution in [0, 0.1) is 5.82 Å². The number of methoxy groups -OCH3 is 1. The highest BCUT2D eigenvalue weighted by Crippen LogP contribution is 2.17. The molecule has 0 amide bonds. The van der Waals surface area contributed by atoms with E-state index in [2.05, 4.69) is 9.46 Å². The summed E-state index contributed by atoms with van der Waals surface area (Å²) >= 11 is 0. The molecule has 1 N–H and O–H groups in total. The van der Waals surface area contributed by atoms with Crippen molar-refractivity contribution in [3.05, 3.63) is 59.9 Å². The second-order valence-corrected chi connectivity index (χ2v) is 6.89. The number of benzene rings is 2. The Morgan fingerprint density at radius 3 is 2.15 bits per heavy atom. The molecule has 138 valence electrons. The van der Waals surface area contributed by atoms with E-state index in [0.717, 1.165) is 24.3 Å². The minimum Gasteiger partial charge on any atom is -0.466 e. The maximum atomic E-state index is 12.9. The third kappa shape index (κ3) is 4.79. The summed E-state index contributed by atoms with van der Waals surface area (Å²) < 4.78 is 49.0. The minimum absolute atomic E-state index is 0.103. The van der Waals surface area contributed by atoms with Crippen molar-refractivity contribution in [3.63, 3.8) is 0 Å². The van der Waals surface area contributed by atoms with E-state index in [1.54, 1.807) is 0 Å². The summed E-state index contributed by atoms with van der Waals surface area (Å²) in [6.45, 7) is 1.37. The van der Waals surface area contributed by atoms with E-state index in [0.29, 0.717) is 0 Å². The predicted molar refractivity (Wildman–Crippen MR) is 90.5 cm³/mol. The molecule has 0 radical (unpaired) electrons. The third-order valence-electron chi connectivity index (χ3n) is 3.31. The van der Waals surface area contributed by atoms with Gasteiger partial charge in [0.2, 0.25) is 0 Å². The van der Waals surface area contributed by atoms with Crippen LogP contribution < -0.4 is 4.72 Å². The topological polar surface area (TPSA) is 98.8 Å². The number of halogens is 1. The quantitative estimate of drug-likeness (QED) is 0.771. The summed E-state index contributed by atoms with van der Waals surface area (Å²) in [5.74, 6) is -1.99. The highest BCUT2D eigenvalue weighted by molar-refractivity contribution is 7.92. The molecule has 0 aliphatic carbocycles. The van der Waals surface area contributed by atoms with Crippen LogP contribution in [0.1, 0.15) is 17.3 Å². The molecule has 9 heteroatoms. The first-order valence-corrected chi connectivity index (χ1v) is 8.88. The Kier molecular flexibility index (Phi) is 5.93. The molecule has 2 aromatic rings. The highest BCUT2D eigenvalue weighted by atomic mass is 32.2. The molecule has 2 rings (SSSR count). The maximum Gasteiger partial charge on any atom is 0.346 e. The van der Waals surface area contributed by atoms with E-state index < -0.39 is 33.9 Å². The number of carbonyl (C=O) groups is 2. The van der Waals surface area contributed by atoms with Crippen LogP contribution in [0.5, 0.6) is 0 Å². The molecule has 0 aromatic heterocycles. The Hall–Kier alpha value is -2.94. The SMILES string of the molecule is COC(=O)[C@H](C)OC(=O)c1ccc(NS(=O)(=O)c2ccc(F)cc2)cc1. The number of rotatable bonds is 6. The van der Waals surface area contributed by atoms with Crippen molar-refractivity contribution in [2.24, 2.45) is 0 Å². The Balaban J connectivity index is 2.08.